The number of nitrogens with one attached hydrogen (secondary N) is 3. The molecule has 0 bridgehead atoms. The molecule has 0 amide bonds. The van der Waals surface area contributed by atoms with Crippen LogP contribution in [0.25, 0.3) is 11.6 Å². The number of benzene rings is 1. The Morgan fingerprint density at radius 3 is 2.80 bits per heavy atom. The lowest BCUT2D eigenvalue weighted by Crippen LogP contribution is -2.36. The van der Waals surface area contributed by atoms with Crippen molar-refractivity contribution in [1.82, 2.24) is 25.8 Å². The van der Waals surface area contributed by atoms with Crippen molar-refractivity contribution in [2.45, 2.75) is 13.1 Å². The summed E-state index contributed by atoms with van der Waals surface area (Å²) in [5.41, 5.74) is 1.07. The first-order valence-corrected chi connectivity index (χ1v) is 7.76. The summed E-state index contributed by atoms with van der Waals surface area (Å²) >= 11 is 5.98. The van der Waals surface area contributed by atoms with Crippen molar-refractivity contribution < 1.29 is 4.42 Å². The Hall–Kier alpha value is -2.07. The second kappa shape index (κ2) is 9.42. The van der Waals surface area contributed by atoms with E-state index in [1.54, 1.807) is 19.4 Å². The fraction of sp³-hybridized carbons (Fsp3) is 0.188. The second-order valence-corrected chi connectivity index (χ2v) is 5.43. The number of aliphatic imine (C=N–C) groups is 1. The normalized spacial score (nSPS) is 11.0. The summed E-state index contributed by atoms with van der Waals surface area (Å²) in [5, 5.41) is 14.1. The minimum atomic E-state index is 0. The summed E-state index contributed by atoms with van der Waals surface area (Å²) in [6, 6.07) is 11.3. The number of aromatic amines is 1. The zero-order valence-electron chi connectivity index (χ0n) is 13.5. The van der Waals surface area contributed by atoms with Gasteiger partial charge in [-0.15, -0.1) is 29.1 Å². The molecule has 2 heterocycles. The summed E-state index contributed by atoms with van der Waals surface area (Å²) in [5.74, 6) is 2.50. The van der Waals surface area contributed by atoms with Gasteiger partial charge in [-0.25, -0.2) is 4.98 Å². The highest BCUT2D eigenvalue weighted by molar-refractivity contribution is 14.0. The van der Waals surface area contributed by atoms with E-state index in [1.165, 1.54) is 0 Å². The van der Waals surface area contributed by atoms with E-state index >= 15 is 0 Å². The molecule has 9 heteroatoms. The van der Waals surface area contributed by atoms with Crippen molar-refractivity contribution >= 4 is 41.5 Å². The molecule has 3 N–H and O–H groups in total. The first-order valence-electron chi connectivity index (χ1n) is 7.38. The molecule has 0 aliphatic rings. The molecule has 25 heavy (non-hydrogen) atoms. The molecule has 0 radical (unpaired) electrons. The van der Waals surface area contributed by atoms with Crippen LogP contribution in [0.5, 0.6) is 0 Å². The van der Waals surface area contributed by atoms with Crippen molar-refractivity contribution in [3.8, 4) is 11.6 Å². The lowest BCUT2D eigenvalue weighted by Gasteiger charge is -2.11. The van der Waals surface area contributed by atoms with Gasteiger partial charge in [0.1, 0.15) is 5.82 Å². The van der Waals surface area contributed by atoms with Gasteiger partial charge in [0.25, 0.3) is 0 Å². The van der Waals surface area contributed by atoms with Crippen LogP contribution in [0, 0.1) is 0 Å². The van der Waals surface area contributed by atoms with E-state index in [0.717, 1.165) is 5.56 Å². The van der Waals surface area contributed by atoms with E-state index in [9.17, 15) is 0 Å². The highest BCUT2D eigenvalue weighted by atomic mass is 127. The molecule has 0 fully saturated rings. The number of aromatic nitrogens is 3. The average Bonchev–Trinajstić information content (AvgIpc) is 3.26. The number of rotatable bonds is 5. The number of H-pyrrole nitrogens is 1. The van der Waals surface area contributed by atoms with Gasteiger partial charge < -0.3 is 15.1 Å². The maximum Gasteiger partial charge on any atom is 0.216 e. The van der Waals surface area contributed by atoms with Crippen molar-refractivity contribution in [3.63, 3.8) is 0 Å². The van der Waals surface area contributed by atoms with Gasteiger partial charge in [0.2, 0.25) is 5.82 Å². The molecular weight excluding hydrogens is 455 g/mol. The maximum atomic E-state index is 5.98. The third kappa shape index (κ3) is 5.46. The van der Waals surface area contributed by atoms with Crippen molar-refractivity contribution in [2.24, 2.45) is 4.99 Å². The van der Waals surface area contributed by atoms with Crippen LogP contribution in [0.2, 0.25) is 5.02 Å². The van der Waals surface area contributed by atoms with Gasteiger partial charge in [0.15, 0.2) is 11.7 Å². The highest BCUT2D eigenvalue weighted by Gasteiger charge is 2.08. The monoisotopic (exact) mass is 472 g/mol. The topological polar surface area (TPSA) is 91.1 Å². The van der Waals surface area contributed by atoms with Gasteiger partial charge in [-0.2, -0.15) is 0 Å². The molecule has 0 unspecified atom stereocenters. The van der Waals surface area contributed by atoms with E-state index < -0.39 is 0 Å². The number of hydrogen-bond acceptors (Lipinski definition) is 4. The molecule has 2 aromatic heterocycles. The summed E-state index contributed by atoms with van der Waals surface area (Å²) in [6.07, 6.45) is 1.59. The Kier molecular flexibility index (Phi) is 7.26. The molecule has 1 aromatic carbocycles. The first kappa shape index (κ1) is 19.3. The Labute approximate surface area is 167 Å². The van der Waals surface area contributed by atoms with E-state index in [1.807, 2.05) is 30.3 Å². The van der Waals surface area contributed by atoms with E-state index in [-0.39, 0.29) is 24.0 Å². The Morgan fingerprint density at radius 2 is 2.08 bits per heavy atom. The smallest absolute Gasteiger partial charge is 0.216 e. The molecule has 0 spiro atoms. The number of hydrogen-bond donors (Lipinski definition) is 3. The summed E-state index contributed by atoms with van der Waals surface area (Å²) in [4.78, 5) is 8.54. The number of guanidine groups is 1. The molecule has 0 aliphatic carbocycles. The Balaban J connectivity index is 0.00000225. The minimum absolute atomic E-state index is 0. The fourth-order valence-corrected chi connectivity index (χ4v) is 2.32. The maximum absolute atomic E-state index is 5.98. The average molecular weight is 473 g/mol. The van der Waals surface area contributed by atoms with Crippen LogP contribution in [0.4, 0.5) is 0 Å². The second-order valence-electron chi connectivity index (χ2n) is 4.99. The summed E-state index contributed by atoms with van der Waals surface area (Å²) < 4.78 is 5.26. The molecule has 3 rings (SSSR count). The first-order chi connectivity index (χ1) is 11.7. The highest BCUT2D eigenvalue weighted by Crippen LogP contribution is 2.14. The fourth-order valence-electron chi connectivity index (χ4n) is 2.11. The van der Waals surface area contributed by atoms with Gasteiger partial charge in [-0.1, -0.05) is 23.7 Å². The molecule has 132 valence electrons. The van der Waals surface area contributed by atoms with Crippen LogP contribution in [0.15, 0.2) is 52.1 Å². The largest absolute Gasteiger partial charge is 0.461 e. The van der Waals surface area contributed by atoms with E-state index in [4.69, 9.17) is 16.0 Å². The van der Waals surface area contributed by atoms with E-state index in [0.29, 0.717) is 41.5 Å². The van der Waals surface area contributed by atoms with Crippen molar-refractivity contribution in [2.75, 3.05) is 7.05 Å². The predicted molar refractivity (Wildman–Crippen MR) is 108 cm³/mol. The van der Waals surface area contributed by atoms with Crippen molar-refractivity contribution in [1.29, 1.82) is 0 Å². The lowest BCUT2D eigenvalue weighted by atomic mass is 10.2. The number of furan rings is 1. The zero-order chi connectivity index (χ0) is 16.8. The van der Waals surface area contributed by atoms with Crippen LogP contribution >= 0.6 is 35.6 Å². The van der Waals surface area contributed by atoms with Crippen molar-refractivity contribution in [3.05, 3.63) is 59.1 Å². The third-order valence-corrected chi connectivity index (χ3v) is 3.50. The SMILES string of the molecule is CN=C(NCc1cccc(Cl)c1)NCc1nc(-c2ccco2)n[nH]1.I. The standard InChI is InChI=1S/C16H17ClN6O.HI/c1-18-16(19-9-11-4-2-5-12(17)8-11)20-10-14-21-15(23-22-14)13-6-3-7-24-13;/h2-8H,9-10H2,1H3,(H2,18,19,20)(H,21,22,23);1H. The number of nitrogens with zero attached hydrogens (tertiary/aromatic N) is 3. The van der Waals surface area contributed by atoms with Crippen LogP contribution in [0.1, 0.15) is 11.4 Å². The Morgan fingerprint density at radius 1 is 1.24 bits per heavy atom. The predicted octanol–water partition coefficient (Wildman–Crippen LogP) is 3.20. The van der Waals surface area contributed by atoms with E-state index in [2.05, 4.69) is 30.8 Å². The third-order valence-electron chi connectivity index (χ3n) is 3.27. The molecule has 0 atom stereocenters. The van der Waals surface area contributed by atoms with Crippen LogP contribution < -0.4 is 10.6 Å². The van der Waals surface area contributed by atoms with Gasteiger partial charge in [-0.05, 0) is 29.8 Å². The molecular formula is C16H18ClIN6O. The van der Waals surface area contributed by atoms with Crippen LogP contribution in [-0.4, -0.2) is 28.2 Å². The van der Waals surface area contributed by atoms with Crippen LogP contribution in [0.3, 0.4) is 0 Å². The summed E-state index contributed by atoms with van der Waals surface area (Å²) in [7, 11) is 1.71. The quantitative estimate of drug-likeness (QED) is 0.301. The molecule has 3 aromatic rings. The lowest BCUT2D eigenvalue weighted by molar-refractivity contribution is 0.577. The Bertz CT molecular complexity index is 818. The molecule has 0 saturated heterocycles. The van der Waals surface area contributed by atoms with Gasteiger partial charge >= 0.3 is 0 Å². The van der Waals surface area contributed by atoms with Gasteiger partial charge in [0.05, 0.1) is 12.8 Å². The molecule has 0 aliphatic heterocycles. The summed E-state index contributed by atoms with van der Waals surface area (Å²) in [6.45, 7) is 1.08. The zero-order valence-corrected chi connectivity index (χ0v) is 16.6. The van der Waals surface area contributed by atoms with Gasteiger partial charge in [-0.3, -0.25) is 10.1 Å². The molecule has 0 saturated carbocycles. The van der Waals surface area contributed by atoms with Crippen LogP contribution in [-0.2, 0) is 13.1 Å². The number of halogens is 2. The molecule has 7 nitrogen and oxygen atoms in total. The van der Waals surface area contributed by atoms with Gasteiger partial charge in [0, 0.05) is 18.6 Å². The minimum Gasteiger partial charge on any atom is -0.461 e.